The van der Waals surface area contributed by atoms with Crippen molar-refractivity contribution >= 4 is 63.3 Å². The van der Waals surface area contributed by atoms with Crippen LogP contribution >= 0.6 is 0 Å². The van der Waals surface area contributed by atoms with Gasteiger partial charge in [0, 0.05) is 0 Å². The van der Waals surface area contributed by atoms with Gasteiger partial charge in [0.15, 0.2) is 5.92 Å². The van der Waals surface area contributed by atoms with E-state index in [0.29, 0.717) is 16.7 Å². The molecule has 0 bridgehead atoms. The molecule has 0 saturated carbocycles. The van der Waals surface area contributed by atoms with E-state index in [1.54, 1.807) is 13.8 Å². The zero-order chi connectivity index (χ0) is 15.0. The Morgan fingerprint density at radius 2 is 1.35 bits per heavy atom. The first kappa shape index (κ1) is 19.8. The maximum absolute atomic E-state index is 11.1. The Morgan fingerprint density at radius 3 is 1.60 bits per heavy atom. The van der Waals surface area contributed by atoms with Gasteiger partial charge in [0.2, 0.25) is 0 Å². The summed E-state index contributed by atoms with van der Waals surface area (Å²) in [5.74, 6) is -4.17. The van der Waals surface area contributed by atoms with Crippen molar-refractivity contribution in [2.45, 2.75) is 46.0 Å². The van der Waals surface area contributed by atoms with Gasteiger partial charge in [-0.1, -0.05) is 32.9 Å². The summed E-state index contributed by atoms with van der Waals surface area (Å²) in [5.41, 5.74) is 2.81. The van der Waals surface area contributed by atoms with Crippen LogP contribution in [0.2, 0.25) is 0 Å². The minimum atomic E-state index is -1.51. The third kappa shape index (κ3) is 4.40. The Labute approximate surface area is 162 Å². The Hall–Kier alpha value is -0.204. The van der Waals surface area contributed by atoms with Crippen molar-refractivity contribution in [3.05, 3.63) is 34.4 Å². The van der Waals surface area contributed by atoms with Crippen LogP contribution in [-0.2, 0) is 15.0 Å². The van der Waals surface area contributed by atoms with Gasteiger partial charge in [-0.05, 0) is 41.5 Å². The predicted octanol–water partition coefficient (Wildman–Crippen LogP) is 2.21. The van der Waals surface area contributed by atoms with E-state index in [-0.39, 0.29) is 56.8 Å². The number of rotatable bonds is 3. The van der Waals surface area contributed by atoms with Gasteiger partial charge in [-0.25, -0.2) is 0 Å². The summed E-state index contributed by atoms with van der Waals surface area (Å²) in [6, 6.07) is 3.75. The minimum absolute atomic E-state index is 0. The van der Waals surface area contributed by atoms with Crippen molar-refractivity contribution in [2.24, 2.45) is 0 Å². The van der Waals surface area contributed by atoms with Crippen molar-refractivity contribution in [2.75, 3.05) is 0 Å². The third-order valence-corrected chi connectivity index (χ3v) is 3.24. The van der Waals surface area contributed by atoms with Crippen LogP contribution < -0.4 is 0 Å². The molecule has 0 amide bonds. The molecule has 0 atom stereocenters. The summed E-state index contributed by atoms with van der Waals surface area (Å²) in [5, 5.41) is 18.2. The van der Waals surface area contributed by atoms with Crippen LogP contribution in [0.25, 0.3) is 0 Å². The van der Waals surface area contributed by atoms with Crippen LogP contribution in [0.1, 0.15) is 48.9 Å². The molecule has 2 N–H and O–H groups in total. The molecule has 0 fully saturated rings. The van der Waals surface area contributed by atoms with Gasteiger partial charge in [-0.3, -0.25) is 9.59 Å². The molecule has 0 unspecified atom stereocenters. The molecule has 0 heterocycles. The number of hydrogen-bond acceptors (Lipinski definition) is 2. The quantitative estimate of drug-likeness (QED) is 0.663. The second-order valence-electron chi connectivity index (χ2n) is 5.88. The number of carboxylic acids is 2. The molecular weight excluding hydrogens is 283 g/mol. The van der Waals surface area contributed by atoms with E-state index in [1.165, 1.54) is 0 Å². The van der Waals surface area contributed by atoms with Crippen LogP contribution in [0.4, 0.5) is 0 Å². The molecule has 0 saturated heterocycles. The first-order valence-electron chi connectivity index (χ1n) is 6.13. The fourth-order valence-corrected chi connectivity index (χ4v) is 2.22. The molecule has 0 spiro atoms. The average molecular weight is 304 g/mol. The van der Waals surface area contributed by atoms with Crippen LogP contribution in [0.3, 0.4) is 0 Å². The summed E-state index contributed by atoms with van der Waals surface area (Å²) < 4.78 is 0. The fourth-order valence-electron chi connectivity index (χ4n) is 2.22. The molecule has 106 valence electrons. The number of benzene rings is 1. The SMILES string of the molecule is Cc1cc(C(C)(C)C)cc(C)c1C(C(=O)O)C(=O)O.[KH]. The molecule has 1 aromatic carbocycles. The van der Waals surface area contributed by atoms with Crippen molar-refractivity contribution < 1.29 is 19.8 Å². The molecule has 0 aliphatic heterocycles. The fraction of sp³-hybridized carbons (Fsp3) is 0.467. The monoisotopic (exact) mass is 304 g/mol. The van der Waals surface area contributed by atoms with Crippen LogP contribution in [0.15, 0.2) is 12.1 Å². The third-order valence-electron chi connectivity index (χ3n) is 3.24. The summed E-state index contributed by atoms with van der Waals surface area (Å²) >= 11 is 0. The van der Waals surface area contributed by atoms with Crippen LogP contribution in [-0.4, -0.2) is 73.5 Å². The van der Waals surface area contributed by atoms with E-state index in [1.807, 2.05) is 12.1 Å². The summed E-state index contributed by atoms with van der Waals surface area (Å²) in [7, 11) is 0. The molecule has 4 nitrogen and oxygen atoms in total. The van der Waals surface area contributed by atoms with Gasteiger partial charge in [0.05, 0.1) is 0 Å². The molecule has 5 heteroatoms. The van der Waals surface area contributed by atoms with Crippen molar-refractivity contribution in [1.82, 2.24) is 0 Å². The number of aliphatic carboxylic acids is 2. The molecule has 0 aliphatic rings. The van der Waals surface area contributed by atoms with E-state index < -0.39 is 17.9 Å². The van der Waals surface area contributed by atoms with Crippen LogP contribution in [0, 0.1) is 13.8 Å². The standard InChI is InChI=1S/C15H20O4.K.H/c1-8-6-10(15(3,4)5)7-9(2)11(8)12(13(16)17)14(18)19;;/h6-7,12H,1-5H3,(H,16,17)(H,18,19);;. The van der Waals surface area contributed by atoms with E-state index in [4.69, 9.17) is 10.2 Å². The van der Waals surface area contributed by atoms with Crippen LogP contribution in [0.5, 0.6) is 0 Å². The van der Waals surface area contributed by atoms with Gasteiger partial charge in [0.25, 0.3) is 0 Å². The topological polar surface area (TPSA) is 74.6 Å². The zero-order valence-corrected chi connectivity index (χ0v) is 11.9. The van der Waals surface area contributed by atoms with E-state index >= 15 is 0 Å². The first-order chi connectivity index (χ1) is 8.55. The van der Waals surface area contributed by atoms with Crippen molar-refractivity contribution in [1.29, 1.82) is 0 Å². The van der Waals surface area contributed by atoms with Gasteiger partial charge in [-0.2, -0.15) is 0 Å². The van der Waals surface area contributed by atoms with Crippen molar-refractivity contribution in [3.8, 4) is 0 Å². The Kier molecular flexibility index (Phi) is 7.11. The molecular formula is C15H21KO4. The molecule has 20 heavy (non-hydrogen) atoms. The van der Waals surface area contributed by atoms with E-state index in [9.17, 15) is 9.59 Å². The molecule has 0 aliphatic carbocycles. The predicted molar refractivity (Wildman–Crippen MR) is 79.8 cm³/mol. The average Bonchev–Trinajstić information content (AvgIpc) is 2.20. The summed E-state index contributed by atoms with van der Waals surface area (Å²) in [6.45, 7) is 9.71. The summed E-state index contributed by atoms with van der Waals surface area (Å²) in [6.07, 6.45) is 0. The molecule has 0 aromatic heterocycles. The van der Waals surface area contributed by atoms with E-state index in [0.717, 1.165) is 5.56 Å². The molecule has 1 rings (SSSR count). The van der Waals surface area contributed by atoms with E-state index in [2.05, 4.69) is 20.8 Å². The van der Waals surface area contributed by atoms with Gasteiger partial charge in [0.1, 0.15) is 0 Å². The number of carbonyl (C=O) groups is 2. The molecule has 0 radical (unpaired) electrons. The maximum atomic E-state index is 11.1. The number of hydrogen-bond donors (Lipinski definition) is 2. The van der Waals surface area contributed by atoms with Crippen molar-refractivity contribution in [3.63, 3.8) is 0 Å². The second-order valence-corrected chi connectivity index (χ2v) is 5.88. The Bertz CT molecular complexity index is 492. The number of carboxylic acid groups (broad SMARTS) is 2. The molecule has 1 aromatic rings. The van der Waals surface area contributed by atoms with Gasteiger partial charge in [-0.15, -0.1) is 0 Å². The Balaban J connectivity index is 0.00000361. The summed E-state index contributed by atoms with van der Waals surface area (Å²) in [4.78, 5) is 22.3. The Morgan fingerprint density at radius 1 is 1.00 bits per heavy atom. The second kappa shape index (κ2) is 7.18. The zero-order valence-electron chi connectivity index (χ0n) is 11.9. The first-order valence-corrected chi connectivity index (χ1v) is 6.13. The normalized spacial score (nSPS) is 11.1. The number of aryl methyl sites for hydroxylation is 2. The van der Waals surface area contributed by atoms with Gasteiger partial charge >= 0.3 is 63.3 Å². The van der Waals surface area contributed by atoms with Gasteiger partial charge < -0.3 is 10.2 Å².